The molecule has 2 saturated heterocycles. The zero-order valence-corrected chi connectivity index (χ0v) is 24.6. The Hall–Kier alpha value is -3.64. The van der Waals surface area contributed by atoms with Crippen LogP contribution in [-0.2, 0) is 11.2 Å². The number of aryl methyl sites for hydroxylation is 1. The highest BCUT2D eigenvalue weighted by Gasteiger charge is 2.33. The number of halogens is 1. The number of anilines is 3. The molecular formula is C27H30FN9O2S2. The van der Waals surface area contributed by atoms with Gasteiger partial charge in [0, 0.05) is 44.8 Å². The quantitative estimate of drug-likeness (QED) is 0.328. The fraction of sp³-hybridized carbons (Fsp3) is 0.444. The van der Waals surface area contributed by atoms with E-state index in [-0.39, 0.29) is 17.8 Å². The van der Waals surface area contributed by atoms with Crippen LogP contribution in [0.2, 0.25) is 0 Å². The van der Waals surface area contributed by atoms with Gasteiger partial charge in [0.1, 0.15) is 22.5 Å². The second-order valence-corrected chi connectivity index (χ2v) is 12.3. The fourth-order valence-corrected chi connectivity index (χ4v) is 7.07. The van der Waals surface area contributed by atoms with Crippen molar-refractivity contribution < 1.29 is 14.3 Å². The maximum absolute atomic E-state index is 13.5. The summed E-state index contributed by atoms with van der Waals surface area (Å²) < 4.78 is 15.3. The number of aliphatic hydroxyl groups excluding tert-OH is 1. The van der Waals surface area contributed by atoms with Crippen molar-refractivity contribution in [3.8, 4) is 17.3 Å². The van der Waals surface area contributed by atoms with Crippen molar-refractivity contribution in [1.29, 1.82) is 5.26 Å². The Kier molecular flexibility index (Phi) is 7.37. The number of imidazole rings is 1. The zero-order chi connectivity index (χ0) is 28.8. The van der Waals surface area contributed by atoms with E-state index in [0.29, 0.717) is 47.3 Å². The second-order valence-electron chi connectivity index (χ2n) is 10.4. The lowest BCUT2D eigenvalue weighted by atomic mass is 10.1. The average molecular weight is 596 g/mol. The Morgan fingerprint density at radius 3 is 2.63 bits per heavy atom. The van der Waals surface area contributed by atoms with Gasteiger partial charge in [0.05, 0.1) is 18.3 Å². The van der Waals surface area contributed by atoms with Crippen LogP contribution in [-0.4, -0.2) is 99.4 Å². The number of rotatable bonds is 8. The summed E-state index contributed by atoms with van der Waals surface area (Å²) in [6, 6.07) is 8.43. The minimum atomic E-state index is -0.395. The van der Waals surface area contributed by atoms with Crippen molar-refractivity contribution in [3.05, 3.63) is 40.7 Å². The molecule has 14 heteroatoms. The topological polar surface area (TPSA) is 117 Å². The van der Waals surface area contributed by atoms with E-state index in [9.17, 15) is 19.6 Å². The van der Waals surface area contributed by atoms with Gasteiger partial charge in [-0.25, -0.2) is 14.4 Å². The third-order valence-electron chi connectivity index (χ3n) is 7.67. The number of amides is 1. The van der Waals surface area contributed by atoms with Gasteiger partial charge in [0.2, 0.25) is 16.0 Å². The second kappa shape index (κ2) is 11.0. The highest BCUT2D eigenvalue weighted by molar-refractivity contribution is 7.20. The summed E-state index contributed by atoms with van der Waals surface area (Å²) in [4.78, 5) is 31.3. The van der Waals surface area contributed by atoms with Crippen LogP contribution in [0.4, 0.5) is 20.5 Å². The van der Waals surface area contributed by atoms with E-state index >= 15 is 0 Å². The minimum Gasteiger partial charge on any atom is -0.389 e. The van der Waals surface area contributed by atoms with Gasteiger partial charge in [-0.05, 0) is 44.2 Å². The molecule has 0 bridgehead atoms. The van der Waals surface area contributed by atoms with Gasteiger partial charge >= 0.3 is 0 Å². The number of aromatic nitrogens is 4. The first-order valence-electron chi connectivity index (χ1n) is 13.5. The molecule has 214 valence electrons. The number of likely N-dealkylation sites (N-methyl/N-ethyl adjacent to an activating group) is 1. The van der Waals surface area contributed by atoms with Crippen LogP contribution < -0.4 is 9.80 Å². The molecule has 0 aliphatic carbocycles. The van der Waals surface area contributed by atoms with Crippen LogP contribution in [0, 0.1) is 17.1 Å². The van der Waals surface area contributed by atoms with Gasteiger partial charge in [-0.2, -0.15) is 9.78 Å². The molecule has 2 fully saturated rings. The summed E-state index contributed by atoms with van der Waals surface area (Å²) in [6.07, 6.45) is 1.22. The number of fused-ring (bicyclic) bond motifs is 1. The number of likely N-dealkylation sites (tertiary alicyclic amines) is 1. The summed E-state index contributed by atoms with van der Waals surface area (Å²) in [5.41, 5.74) is 2.08. The molecule has 5 heterocycles. The molecule has 41 heavy (non-hydrogen) atoms. The Morgan fingerprint density at radius 2 is 1.95 bits per heavy atom. The molecular weight excluding hydrogens is 565 g/mol. The van der Waals surface area contributed by atoms with Crippen LogP contribution >= 0.6 is 22.7 Å². The van der Waals surface area contributed by atoms with Crippen molar-refractivity contribution in [2.75, 3.05) is 56.6 Å². The van der Waals surface area contributed by atoms with Crippen LogP contribution in [0.15, 0.2) is 24.3 Å². The van der Waals surface area contributed by atoms with Crippen molar-refractivity contribution >= 4 is 49.6 Å². The number of hydrogen-bond donors (Lipinski definition) is 1. The summed E-state index contributed by atoms with van der Waals surface area (Å²) in [5, 5.41) is 25.7. The van der Waals surface area contributed by atoms with E-state index in [1.165, 1.54) is 34.8 Å². The number of nitriles is 1. The lowest BCUT2D eigenvalue weighted by Gasteiger charge is -2.37. The lowest BCUT2D eigenvalue weighted by molar-refractivity contribution is -0.142. The minimum absolute atomic E-state index is 0.0491. The van der Waals surface area contributed by atoms with E-state index in [2.05, 4.69) is 15.9 Å². The number of hydrogen-bond acceptors (Lipinski definition) is 11. The molecule has 2 aliphatic heterocycles. The third kappa shape index (κ3) is 5.14. The van der Waals surface area contributed by atoms with E-state index in [1.807, 2.05) is 30.4 Å². The summed E-state index contributed by atoms with van der Waals surface area (Å²) >= 11 is 2.80. The van der Waals surface area contributed by atoms with Crippen molar-refractivity contribution in [1.82, 2.24) is 29.4 Å². The van der Waals surface area contributed by atoms with E-state index in [4.69, 9.17) is 15.1 Å². The van der Waals surface area contributed by atoms with Gasteiger partial charge in [0.25, 0.3) is 0 Å². The van der Waals surface area contributed by atoms with Crippen LogP contribution in [0.1, 0.15) is 23.9 Å². The number of nitrogens with zero attached hydrogens (tertiary/aromatic N) is 9. The maximum Gasteiger partial charge on any atom is 0.236 e. The average Bonchev–Trinajstić information content (AvgIpc) is 3.73. The Morgan fingerprint density at radius 1 is 1.20 bits per heavy atom. The number of thiazole rings is 1. The normalized spacial score (nSPS) is 17.4. The first-order valence-corrected chi connectivity index (χ1v) is 15.1. The molecule has 1 aromatic carbocycles. The molecule has 4 aromatic rings. The Balaban J connectivity index is 1.22. The maximum atomic E-state index is 13.5. The van der Waals surface area contributed by atoms with Gasteiger partial charge in [-0.15, -0.1) is 5.10 Å². The Labute approximate surface area is 244 Å². The van der Waals surface area contributed by atoms with Gasteiger partial charge in [0.15, 0.2) is 10.9 Å². The van der Waals surface area contributed by atoms with Gasteiger partial charge in [-0.1, -0.05) is 29.6 Å². The predicted molar refractivity (Wildman–Crippen MR) is 156 cm³/mol. The number of β-amino-alcohol motifs (C(OH)–C–C–N with tert-alkyl or cyclic N) is 1. The third-order valence-corrected chi connectivity index (χ3v) is 9.68. The number of carbonyl (C=O) groups is 1. The summed E-state index contributed by atoms with van der Waals surface area (Å²) in [5.74, 6) is 0.502. The van der Waals surface area contributed by atoms with Gasteiger partial charge in [-0.3, -0.25) is 9.69 Å². The fourth-order valence-electron chi connectivity index (χ4n) is 5.27. The van der Waals surface area contributed by atoms with Crippen LogP contribution in [0.3, 0.4) is 0 Å². The molecule has 6 rings (SSSR count). The van der Waals surface area contributed by atoms with E-state index in [0.717, 1.165) is 41.1 Å². The van der Waals surface area contributed by atoms with Crippen molar-refractivity contribution in [2.45, 2.75) is 31.9 Å². The molecule has 0 radical (unpaired) electrons. The van der Waals surface area contributed by atoms with Crippen LogP contribution in [0.25, 0.3) is 16.2 Å². The van der Waals surface area contributed by atoms with Crippen LogP contribution in [0.5, 0.6) is 0 Å². The van der Waals surface area contributed by atoms with Crippen molar-refractivity contribution in [3.63, 3.8) is 0 Å². The smallest absolute Gasteiger partial charge is 0.236 e. The molecule has 1 atom stereocenters. The highest BCUT2D eigenvalue weighted by atomic mass is 32.1. The summed E-state index contributed by atoms with van der Waals surface area (Å²) in [7, 11) is 3.87. The Bertz CT molecular complexity index is 1620. The predicted octanol–water partition coefficient (Wildman–Crippen LogP) is 2.97. The first kappa shape index (κ1) is 27.5. The standard InChI is InChI=1S/C27H30FN9O2S2/c1-4-20-24(34(3)25-31-23(21(11-29)40-25)16-5-7-17(28)8-6-16)37-26(30-20)41-27(32-37)35-10-9-18(12-35)33(2)15-22(39)36-13-19(38)14-36/h5-8,18-19,38H,4,9-10,12-15H2,1-3H3/t18-/m0/s1. The molecule has 2 aliphatic rings. The number of carbonyl (C=O) groups excluding carboxylic acids is 1. The van der Waals surface area contributed by atoms with Crippen molar-refractivity contribution in [2.24, 2.45) is 0 Å². The molecule has 1 amide bonds. The van der Waals surface area contributed by atoms with Gasteiger partial charge < -0.3 is 19.8 Å². The van der Waals surface area contributed by atoms with E-state index < -0.39 is 6.10 Å². The monoisotopic (exact) mass is 595 g/mol. The summed E-state index contributed by atoms with van der Waals surface area (Å²) in [6.45, 7) is 4.80. The largest absolute Gasteiger partial charge is 0.389 e. The number of benzene rings is 1. The van der Waals surface area contributed by atoms with E-state index in [1.54, 1.807) is 17.0 Å². The first-order chi connectivity index (χ1) is 19.7. The molecule has 11 nitrogen and oxygen atoms in total. The SMILES string of the molecule is CCc1nc2sc(N3CC[C@H](N(C)CC(=O)N4CC(O)C4)C3)nn2c1N(C)c1nc(-c2ccc(F)cc2)c(C#N)s1. The molecule has 0 unspecified atom stereocenters. The molecule has 1 N–H and O–H groups in total. The molecule has 0 spiro atoms. The lowest BCUT2D eigenvalue weighted by Crippen LogP contribution is -2.56. The molecule has 0 saturated carbocycles. The molecule has 3 aromatic heterocycles. The highest BCUT2D eigenvalue weighted by Crippen LogP contribution is 2.38. The number of aliphatic hydroxyl groups is 1. The zero-order valence-electron chi connectivity index (χ0n) is 23.0.